The number of carbonyl (C=O) groups is 1. The number of methoxy groups -OCH3 is 1. The number of rotatable bonds is 6. The Labute approximate surface area is 137 Å². The fraction of sp³-hybridized carbons (Fsp3) is 0.188. The van der Waals surface area contributed by atoms with Crippen molar-refractivity contribution in [2.45, 2.75) is 6.54 Å². The third-order valence-electron chi connectivity index (χ3n) is 3.29. The quantitative estimate of drug-likeness (QED) is 0.754. The molecule has 3 aromatic heterocycles. The highest BCUT2D eigenvalue weighted by atomic mass is 32.1. The van der Waals surface area contributed by atoms with E-state index in [1.54, 1.807) is 23.5 Å². The molecule has 0 saturated carbocycles. The van der Waals surface area contributed by atoms with Crippen LogP contribution in [-0.2, 0) is 6.54 Å². The Hall–Kier alpha value is -2.67. The maximum absolute atomic E-state index is 12.0. The second-order valence-electron chi connectivity index (χ2n) is 4.82. The summed E-state index contributed by atoms with van der Waals surface area (Å²) in [4.78, 5) is 16.0. The molecule has 0 aliphatic carbocycles. The number of hydrogen-bond acceptors (Lipinski definition) is 5. The van der Waals surface area contributed by atoms with Gasteiger partial charge in [-0.2, -0.15) is 16.4 Å². The van der Waals surface area contributed by atoms with Crippen LogP contribution in [0.4, 0.5) is 0 Å². The van der Waals surface area contributed by atoms with Crippen LogP contribution >= 0.6 is 11.3 Å². The van der Waals surface area contributed by atoms with E-state index in [1.807, 2.05) is 28.4 Å². The normalized spacial score (nSPS) is 10.5. The van der Waals surface area contributed by atoms with Crippen molar-refractivity contribution in [3.05, 3.63) is 53.0 Å². The van der Waals surface area contributed by atoms with Gasteiger partial charge < -0.3 is 10.1 Å². The third-order valence-corrected chi connectivity index (χ3v) is 3.97. The van der Waals surface area contributed by atoms with Crippen LogP contribution in [-0.4, -0.2) is 34.3 Å². The predicted octanol–water partition coefficient (Wildman–Crippen LogP) is 2.45. The number of carbonyl (C=O) groups excluding carboxylic acids is 1. The van der Waals surface area contributed by atoms with Gasteiger partial charge in [-0.05, 0) is 23.6 Å². The minimum atomic E-state index is -0.162. The molecule has 0 aromatic carbocycles. The van der Waals surface area contributed by atoms with Crippen LogP contribution in [0.25, 0.3) is 11.3 Å². The van der Waals surface area contributed by atoms with Crippen molar-refractivity contribution in [2.24, 2.45) is 0 Å². The van der Waals surface area contributed by atoms with Crippen LogP contribution in [0.1, 0.15) is 10.4 Å². The molecule has 0 bridgehead atoms. The maximum Gasteiger partial charge on any atom is 0.252 e. The summed E-state index contributed by atoms with van der Waals surface area (Å²) in [6.07, 6.45) is 3.41. The summed E-state index contributed by atoms with van der Waals surface area (Å²) in [7, 11) is 1.54. The summed E-state index contributed by atoms with van der Waals surface area (Å²) in [5.41, 5.74) is 2.56. The van der Waals surface area contributed by atoms with Crippen molar-refractivity contribution >= 4 is 17.2 Å². The molecule has 0 spiro atoms. The van der Waals surface area contributed by atoms with Gasteiger partial charge in [0.1, 0.15) is 0 Å². The molecule has 6 nitrogen and oxygen atoms in total. The summed E-state index contributed by atoms with van der Waals surface area (Å²) < 4.78 is 6.79. The van der Waals surface area contributed by atoms with Gasteiger partial charge in [-0.25, -0.2) is 4.98 Å². The lowest BCUT2D eigenvalue weighted by Crippen LogP contribution is -2.27. The van der Waals surface area contributed by atoms with Gasteiger partial charge in [-0.3, -0.25) is 9.48 Å². The summed E-state index contributed by atoms with van der Waals surface area (Å²) in [5.74, 6) is 0.324. The molecule has 3 aromatic rings. The molecule has 0 aliphatic heterocycles. The molecule has 118 valence electrons. The lowest BCUT2D eigenvalue weighted by molar-refractivity contribution is 0.0951. The van der Waals surface area contributed by atoms with Gasteiger partial charge in [0.15, 0.2) is 0 Å². The Bertz CT molecular complexity index is 766. The largest absolute Gasteiger partial charge is 0.481 e. The van der Waals surface area contributed by atoms with Crippen molar-refractivity contribution in [1.29, 1.82) is 0 Å². The van der Waals surface area contributed by atoms with Crippen LogP contribution in [0.5, 0.6) is 5.88 Å². The number of amides is 1. The van der Waals surface area contributed by atoms with E-state index in [0.29, 0.717) is 24.5 Å². The number of nitrogens with zero attached hydrogens (tertiary/aromatic N) is 3. The molecule has 1 N–H and O–H groups in total. The zero-order chi connectivity index (χ0) is 16.1. The molecule has 7 heteroatoms. The Kier molecular flexibility index (Phi) is 4.68. The number of nitrogens with one attached hydrogen (secondary N) is 1. The second-order valence-corrected chi connectivity index (χ2v) is 5.60. The minimum absolute atomic E-state index is 0.162. The Morgan fingerprint density at radius 2 is 2.26 bits per heavy atom. The van der Waals surface area contributed by atoms with Gasteiger partial charge in [0.2, 0.25) is 5.88 Å². The molecule has 23 heavy (non-hydrogen) atoms. The van der Waals surface area contributed by atoms with E-state index in [1.165, 1.54) is 13.3 Å². The lowest BCUT2D eigenvalue weighted by Gasteiger charge is -2.06. The molecule has 1 amide bonds. The number of thiophene rings is 1. The van der Waals surface area contributed by atoms with Crippen LogP contribution in [0, 0.1) is 0 Å². The van der Waals surface area contributed by atoms with Gasteiger partial charge in [-0.15, -0.1) is 0 Å². The topological polar surface area (TPSA) is 69.0 Å². The molecule has 3 heterocycles. The average molecular weight is 328 g/mol. The predicted molar refractivity (Wildman–Crippen MR) is 88.7 cm³/mol. The van der Waals surface area contributed by atoms with E-state index in [2.05, 4.69) is 20.8 Å². The average Bonchev–Trinajstić information content (AvgIpc) is 3.26. The van der Waals surface area contributed by atoms with Crippen LogP contribution < -0.4 is 10.1 Å². The van der Waals surface area contributed by atoms with E-state index in [0.717, 1.165) is 11.3 Å². The Morgan fingerprint density at radius 1 is 1.35 bits per heavy atom. The molecule has 0 radical (unpaired) electrons. The molecule has 0 unspecified atom stereocenters. The van der Waals surface area contributed by atoms with E-state index in [9.17, 15) is 4.79 Å². The van der Waals surface area contributed by atoms with Gasteiger partial charge >= 0.3 is 0 Å². The van der Waals surface area contributed by atoms with E-state index >= 15 is 0 Å². The highest BCUT2D eigenvalue weighted by Crippen LogP contribution is 2.19. The first-order valence-corrected chi connectivity index (χ1v) is 8.05. The Balaban J connectivity index is 1.51. The standard InChI is InChI=1S/C16H16N4O2S/c1-22-15-3-2-12(10-18-15)16(21)17-6-8-20-7-4-14(19-20)13-5-9-23-11-13/h2-5,7,9-11H,6,8H2,1H3,(H,17,21). The first kappa shape index (κ1) is 15.2. The number of pyridine rings is 1. The SMILES string of the molecule is COc1ccc(C(=O)NCCn2ccc(-c3ccsc3)n2)cn1. The molecule has 0 fully saturated rings. The first-order chi connectivity index (χ1) is 11.3. The highest BCUT2D eigenvalue weighted by molar-refractivity contribution is 7.08. The molecule has 0 aliphatic rings. The summed E-state index contributed by atoms with van der Waals surface area (Å²) >= 11 is 1.64. The number of aromatic nitrogens is 3. The van der Waals surface area contributed by atoms with Crippen LogP contribution in [0.2, 0.25) is 0 Å². The fourth-order valence-corrected chi connectivity index (χ4v) is 2.72. The molecule has 0 atom stereocenters. The third kappa shape index (κ3) is 3.75. The minimum Gasteiger partial charge on any atom is -0.481 e. The molecular weight excluding hydrogens is 312 g/mol. The lowest BCUT2D eigenvalue weighted by atomic mass is 10.2. The first-order valence-electron chi connectivity index (χ1n) is 7.10. The van der Waals surface area contributed by atoms with Gasteiger partial charge in [-0.1, -0.05) is 0 Å². The van der Waals surface area contributed by atoms with E-state index in [-0.39, 0.29) is 5.91 Å². The Morgan fingerprint density at radius 3 is 2.96 bits per heavy atom. The molecular formula is C16H16N4O2S. The number of ether oxygens (including phenoxy) is 1. The van der Waals surface area contributed by atoms with Gasteiger partial charge in [0.05, 0.1) is 24.9 Å². The zero-order valence-electron chi connectivity index (χ0n) is 12.6. The summed E-state index contributed by atoms with van der Waals surface area (Å²) in [5, 5.41) is 11.4. The highest BCUT2D eigenvalue weighted by Gasteiger charge is 2.07. The van der Waals surface area contributed by atoms with Gasteiger partial charge in [0.25, 0.3) is 5.91 Å². The van der Waals surface area contributed by atoms with Crippen LogP contribution in [0.15, 0.2) is 47.4 Å². The number of hydrogen-bond donors (Lipinski definition) is 1. The summed E-state index contributed by atoms with van der Waals surface area (Å²) in [6.45, 7) is 1.11. The van der Waals surface area contributed by atoms with Crippen molar-refractivity contribution in [2.75, 3.05) is 13.7 Å². The maximum atomic E-state index is 12.0. The van der Waals surface area contributed by atoms with Crippen molar-refractivity contribution in [1.82, 2.24) is 20.1 Å². The van der Waals surface area contributed by atoms with E-state index < -0.39 is 0 Å². The fourth-order valence-electron chi connectivity index (χ4n) is 2.07. The monoisotopic (exact) mass is 328 g/mol. The van der Waals surface area contributed by atoms with Crippen LogP contribution in [0.3, 0.4) is 0 Å². The molecule has 0 saturated heterocycles. The van der Waals surface area contributed by atoms with Crippen molar-refractivity contribution in [3.8, 4) is 17.1 Å². The van der Waals surface area contributed by atoms with Gasteiger partial charge in [0, 0.05) is 35.9 Å². The summed E-state index contributed by atoms with van der Waals surface area (Å²) in [6, 6.07) is 7.35. The van der Waals surface area contributed by atoms with Crippen molar-refractivity contribution in [3.63, 3.8) is 0 Å². The smallest absolute Gasteiger partial charge is 0.252 e. The zero-order valence-corrected chi connectivity index (χ0v) is 13.4. The van der Waals surface area contributed by atoms with E-state index in [4.69, 9.17) is 4.74 Å². The van der Waals surface area contributed by atoms with Crippen molar-refractivity contribution < 1.29 is 9.53 Å². The molecule has 3 rings (SSSR count). The second kappa shape index (κ2) is 7.06.